The minimum absolute atomic E-state index is 0.123. The number of rotatable bonds is 4. The Morgan fingerprint density at radius 3 is 2.73 bits per heavy atom. The van der Waals surface area contributed by atoms with Crippen molar-refractivity contribution in [2.45, 2.75) is 18.5 Å². The normalized spacial score (nSPS) is 17.1. The molecular formula is C9H10FN3O2. The first-order valence-corrected chi connectivity index (χ1v) is 4.57. The SMILES string of the molecule is O=C(O)c1cnc(NCC2(F)CC2)cn1. The highest BCUT2D eigenvalue weighted by atomic mass is 19.1. The van der Waals surface area contributed by atoms with Gasteiger partial charge in [-0.2, -0.15) is 0 Å². The van der Waals surface area contributed by atoms with Crippen LogP contribution >= 0.6 is 0 Å². The van der Waals surface area contributed by atoms with Crippen LogP contribution in [0.25, 0.3) is 0 Å². The number of hydrogen-bond acceptors (Lipinski definition) is 4. The lowest BCUT2D eigenvalue weighted by atomic mass is 10.4. The Kier molecular flexibility index (Phi) is 2.26. The van der Waals surface area contributed by atoms with Gasteiger partial charge in [0.1, 0.15) is 11.5 Å². The predicted octanol–water partition coefficient (Wildman–Crippen LogP) is 1.09. The third-order valence-electron chi connectivity index (χ3n) is 2.25. The second-order valence-corrected chi connectivity index (χ2v) is 3.60. The molecule has 1 saturated carbocycles. The molecule has 80 valence electrons. The van der Waals surface area contributed by atoms with Gasteiger partial charge >= 0.3 is 5.97 Å². The highest BCUT2D eigenvalue weighted by Gasteiger charge is 2.42. The molecule has 1 fully saturated rings. The van der Waals surface area contributed by atoms with E-state index >= 15 is 0 Å². The van der Waals surface area contributed by atoms with Crippen molar-refractivity contribution >= 4 is 11.8 Å². The van der Waals surface area contributed by atoms with Crippen LogP contribution in [0.5, 0.6) is 0 Å². The Morgan fingerprint density at radius 1 is 1.53 bits per heavy atom. The molecule has 15 heavy (non-hydrogen) atoms. The van der Waals surface area contributed by atoms with Gasteiger partial charge in [0.25, 0.3) is 0 Å². The second kappa shape index (κ2) is 3.45. The molecule has 1 aromatic heterocycles. The van der Waals surface area contributed by atoms with E-state index in [2.05, 4.69) is 15.3 Å². The Labute approximate surface area is 85.4 Å². The van der Waals surface area contributed by atoms with E-state index in [1.54, 1.807) is 0 Å². The molecule has 2 rings (SSSR count). The fourth-order valence-electron chi connectivity index (χ4n) is 1.09. The molecule has 0 aromatic carbocycles. The van der Waals surface area contributed by atoms with Gasteiger partial charge < -0.3 is 10.4 Å². The van der Waals surface area contributed by atoms with Crippen LogP contribution in [0.1, 0.15) is 23.3 Å². The molecule has 0 spiro atoms. The zero-order chi connectivity index (χ0) is 10.9. The molecule has 2 N–H and O–H groups in total. The zero-order valence-corrected chi connectivity index (χ0v) is 7.90. The zero-order valence-electron chi connectivity index (χ0n) is 7.90. The summed E-state index contributed by atoms with van der Waals surface area (Å²) < 4.78 is 13.2. The highest BCUT2D eigenvalue weighted by Crippen LogP contribution is 2.39. The van der Waals surface area contributed by atoms with Gasteiger partial charge in [0, 0.05) is 0 Å². The molecular weight excluding hydrogens is 201 g/mol. The number of carboxylic acids is 1. The molecule has 0 aliphatic heterocycles. The maximum atomic E-state index is 13.2. The van der Waals surface area contributed by atoms with Crippen molar-refractivity contribution in [1.82, 2.24) is 9.97 Å². The Hall–Kier alpha value is -1.72. The molecule has 1 aliphatic rings. The fraction of sp³-hybridized carbons (Fsp3) is 0.444. The minimum Gasteiger partial charge on any atom is -0.476 e. The third kappa shape index (κ3) is 2.39. The first kappa shape index (κ1) is 9.82. The standard InChI is InChI=1S/C9H10FN3O2/c10-9(1-2-9)5-13-7-4-11-6(3-12-7)8(14)15/h3-4H,1-2,5H2,(H,12,13)(H,14,15). The molecule has 0 unspecified atom stereocenters. The van der Waals surface area contributed by atoms with Crippen molar-refractivity contribution in [3.8, 4) is 0 Å². The summed E-state index contributed by atoms with van der Waals surface area (Å²) in [6.45, 7) is 0.202. The summed E-state index contributed by atoms with van der Waals surface area (Å²) in [6.07, 6.45) is 3.57. The lowest BCUT2D eigenvalue weighted by molar-refractivity contribution is 0.0690. The summed E-state index contributed by atoms with van der Waals surface area (Å²) in [7, 11) is 0. The van der Waals surface area contributed by atoms with Gasteiger partial charge in [-0.15, -0.1) is 0 Å². The summed E-state index contributed by atoms with van der Waals surface area (Å²) in [5.74, 6) is -0.734. The first-order chi connectivity index (χ1) is 7.09. The van der Waals surface area contributed by atoms with E-state index in [-0.39, 0.29) is 12.2 Å². The Morgan fingerprint density at radius 2 is 2.27 bits per heavy atom. The number of aromatic carboxylic acids is 1. The van der Waals surface area contributed by atoms with Crippen molar-refractivity contribution in [3.05, 3.63) is 18.1 Å². The Bertz CT molecular complexity index is 375. The second-order valence-electron chi connectivity index (χ2n) is 3.60. The van der Waals surface area contributed by atoms with E-state index in [4.69, 9.17) is 5.11 Å². The van der Waals surface area contributed by atoms with Crippen LogP contribution in [0.15, 0.2) is 12.4 Å². The molecule has 0 atom stereocenters. The number of anilines is 1. The number of nitrogens with one attached hydrogen (secondary N) is 1. The third-order valence-corrected chi connectivity index (χ3v) is 2.25. The molecule has 5 nitrogen and oxygen atoms in total. The summed E-state index contributed by atoms with van der Waals surface area (Å²) >= 11 is 0. The monoisotopic (exact) mass is 211 g/mol. The molecule has 0 bridgehead atoms. The lowest BCUT2D eigenvalue weighted by Crippen LogP contribution is -2.17. The fourth-order valence-corrected chi connectivity index (χ4v) is 1.09. The van der Waals surface area contributed by atoms with Gasteiger partial charge in [0.15, 0.2) is 5.69 Å². The quantitative estimate of drug-likeness (QED) is 0.779. The van der Waals surface area contributed by atoms with E-state index in [0.717, 1.165) is 6.20 Å². The molecule has 0 radical (unpaired) electrons. The largest absolute Gasteiger partial charge is 0.476 e. The maximum Gasteiger partial charge on any atom is 0.356 e. The summed E-state index contributed by atoms with van der Waals surface area (Å²) in [6, 6.07) is 0. The molecule has 1 heterocycles. The minimum atomic E-state index is -1.13. The number of alkyl halides is 1. The number of aromatic nitrogens is 2. The van der Waals surface area contributed by atoms with Crippen molar-refractivity contribution < 1.29 is 14.3 Å². The van der Waals surface area contributed by atoms with Crippen molar-refractivity contribution in [2.24, 2.45) is 0 Å². The van der Waals surface area contributed by atoms with Crippen molar-refractivity contribution in [3.63, 3.8) is 0 Å². The van der Waals surface area contributed by atoms with Gasteiger partial charge in [-0.1, -0.05) is 0 Å². The summed E-state index contributed by atoms with van der Waals surface area (Å²) in [5, 5.41) is 11.3. The van der Waals surface area contributed by atoms with Gasteiger partial charge in [-0.25, -0.2) is 19.2 Å². The van der Waals surface area contributed by atoms with Crippen LogP contribution < -0.4 is 5.32 Å². The van der Waals surface area contributed by atoms with E-state index in [0.29, 0.717) is 18.7 Å². The van der Waals surface area contributed by atoms with Gasteiger partial charge in [-0.3, -0.25) is 0 Å². The molecule has 0 amide bonds. The van der Waals surface area contributed by atoms with Crippen molar-refractivity contribution in [2.75, 3.05) is 11.9 Å². The molecule has 0 saturated heterocycles. The van der Waals surface area contributed by atoms with Crippen LogP contribution in [0.3, 0.4) is 0 Å². The van der Waals surface area contributed by atoms with Crippen LogP contribution in [0, 0.1) is 0 Å². The molecule has 1 aliphatic carbocycles. The summed E-state index contributed by atoms with van der Waals surface area (Å²) in [4.78, 5) is 17.9. The lowest BCUT2D eigenvalue weighted by Gasteiger charge is -2.07. The van der Waals surface area contributed by atoms with Crippen LogP contribution in [0.2, 0.25) is 0 Å². The highest BCUT2D eigenvalue weighted by molar-refractivity contribution is 5.84. The van der Waals surface area contributed by atoms with E-state index < -0.39 is 11.6 Å². The van der Waals surface area contributed by atoms with Gasteiger partial charge in [0.2, 0.25) is 0 Å². The predicted molar refractivity (Wildman–Crippen MR) is 50.6 cm³/mol. The summed E-state index contributed by atoms with van der Waals surface area (Å²) in [5.41, 5.74) is -1.23. The average molecular weight is 211 g/mol. The van der Waals surface area contributed by atoms with Gasteiger partial charge in [-0.05, 0) is 12.8 Å². The van der Waals surface area contributed by atoms with Crippen LogP contribution in [0.4, 0.5) is 10.2 Å². The van der Waals surface area contributed by atoms with E-state index in [1.165, 1.54) is 6.20 Å². The van der Waals surface area contributed by atoms with Crippen LogP contribution in [-0.2, 0) is 0 Å². The van der Waals surface area contributed by atoms with Gasteiger partial charge in [0.05, 0.1) is 18.9 Å². The number of nitrogens with zero attached hydrogens (tertiary/aromatic N) is 2. The topological polar surface area (TPSA) is 75.1 Å². The van der Waals surface area contributed by atoms with Crippen LogP contribution in [-0.4, -0.2) is 33.3 Å². The van der Waals surface area contributed by atoms with E-state index in [9.17, 15) is 9.18 Å². The number of carbonyl (C=O) groups is 1. The number of hydrogen-bond donors (Lipinski definition) is 2. The average Bonchev–Trinajstić information content (AvgIpc) is 2.95. The van der Waals surface area contributed by atoms with E-state index in [1.807, 2.05) is 0 Å². The Balaban J connectivity index is 1.95. The molecule has 6 heteroatoms. The number of halogens is 1. The van der Waals surface area contributed by atoms with Crippen molar-refractivity contribution in [1.29, 1.82) is 0 Å². The molecule has 1 aromatic rings. The number of carboxylic acid groups (broad SMARTS) is 1. The smallest absolute Gasteiger partial charge is 0.356 e. The maximum absolute atomic E-state index is 13.2. The first-order valence-electron chi connectivity index (χ1n) is 4.57.